The second-order valence-corrected chi connectivity index (χ2v) is 3.48. The molecule has 1 aliphatic rings. The zero-order chi connectivity index (χ0) is 10.6. The van der Waals surface area contributed by atoms with Crippen molar-refractivity contribution in [2.45, 2.75) is 38.2 Å². The third-order valence-electron chi connectivity index (χ3n) is 2.26. The summed E-state index contributed by atoms with van der Waals surface area (Å²) >= 11 is 0. The first kappa shape index (κ1) is 10.8. The third-order valence-corrected chi connectivity index (χ3v) is 2.26. The van der Waals surface area contributed by atoms with Gasteiger partial charge in [0.1, 0.15) is 6.10 Å². The highest BCUT2D eigenvalue weighted by Gasteiger charge is 2.20. The molecule has 0 radical (unpaired) electrons. The van der Waals surface area contributed by atoms with Gasteiger partial charge in [-0.15, -0.1) is 0 Å². The van der Waals surface area contributed by atoms with Gasteiger partial charge in [0.2, 0.25) is 0 Å². The predicted octanol–water partition coefficient (Wildman–Crippen LogP) is 1.50. The molecule has 0 spiro atoms. The van der Waals surface area contributed by atoms with Crippen molar-refractivity contribution < 1.29 is 19.4 Å². The predicted molar refractivity (Wildman–Crippen MR) is 49.7 cm³/mol. The maximum atomic E-state index is 11.2. The highest BCUT2D eigenvalue weighted by molar-refractivity contribution is 5.91. The lowest BCUT2D eigenvalue weighted by molar-refractivity contribution is -0.149. The summed E-state index contributed by atoms with van der Waals surface area (Å²) < 4.78 is 5.07. The molecule has 0 aliphatic heterocycles. The molecule has 1 aliphatic carbocycles. The topological polar surface area (TPSA) is 63.6 Å². The van der Waals surface area contributed by atoms with Gasteiger partial charge < -0.3 is 9.84 Å². The van der Waals surface area contributed by atoms with E-state index in [-0.39, 0.29) is 18.1 Å². The van der Waals surface area contributed by atoms with E-state index in [4.69, 9.17) is 9.84 Å². The fourth-order valence-electron chi connectivity index (χ4n) is 1.48. The van der Waals surface area contributed by atoms with Crippen LogP contribution in [0.25, 0.3) is 0 Å². The van der Waals surface area contributed by atoms with E-state index in [1.165, 1.54) is 0 Å². The van der Waals surface area contributed by atoms with Gasteiger partial charge in [-0.3, -0.25) is 4.79 Å². The van der Waals surface area contributed by atoms with Crippen molar-refractivity contribution in [1.82, 2.24) is 0 Å². The molecule has 0 saturated heterocycles. The number of ether oxygens (including phenoxy) is 1. The van der Waals surface area contributed by atoms with Crippen LogP contribution in [-0.4, -0.2) is 23.1 Å². The quantitative estimate of drug-likeness (QED) is 0.549. The van der Waals surface area contributed by atoms with Crippen LogP contribution in [0.3, 0.4) is 0 Å². The van der Waals surface area contributed by atoms with Gasteiger partial charge in [0.25, 0.3) is 0 Å². The first-order valence-electron chi connectivity index (χ1n) is 4.70. The van der Waals surface area contributed by atoms with E-state index in [2.05, 4.69) is 6.58 Å². The van der Waals surface area contributed by atoms with E-state index in [1.807, 2.05) is 0 Å². The first-order valence-corrected chi connectivity index (χ1v) is 4.70. The minimum absolute atomic E-state index is 0.0101. The Labute approximate surface area is 82.6 Å². The number of carboxylic acid groups (broad SMARTS) is 1. The summed E-state index contributed by atoms with van der Waals surface area (Å²) in [6.07, 6.45) is 3.72. The fourth-order valence-corrected chi connectivity index (χ4v) is 1.48. The minimum atomic E-state index is -1.15. The van der Waals surface area contributed by atoms with Gasteiger partial charge in [0.15, 0.2) is 0 Å². The normalized spacial score (nSPS) is 16.6. The van der Waals surface area contributed by atoms with Crippen LogP contribution in [0.5, 0.6) is 0 Å². The molecule has 4 nitrogen and oxygen atoms in total. The molecule has 78 valence electrons. The highest BCUT2D eigenvalue weighted by Crippen LogP contribution is 2.21. The van der Waals surface area contributed by atoms with Gasteiger partial charge in [0.05, 0.1) is 6.42 Å². The lowest BCUT2D eigenvalue weighted by atomic mass is 10.2. The molecule has 0 aromatic carbocycles. The standard InChI is InChI=1S/C10H14O4/c1-7(10(12)13)6-9(11)14-8-4-2-3-5-8/h8H,1-6H2,(H,12,13). The molecule has 0 unspecified atom stereocenters. The number of esters is 1. The van der Waals surface area contributed by atoms with E-state index in [9.17, 15) is 9.59 Å². The smallest absolute Gasteiger partial charge is 0.331 e. The monoisotopic (exact) mass is 198 g/mol. The molecule has 14 heavy (non-hydrogen) atoms. The maximum absolute atomic E-state index is 11.2. The van der Waals surface area contributed by atoms with Crippen LogP contribution < -0.4 is 0 Å². The average molecular weight is 198 g/mol. The number of carbonyl (C=O) groups is 2. The van der Waals surface area contributed by atoms with Gasteiger partial charge in [-0.25, -0.2) is 4.79 Å². The van der Waals surface area contributed by atoms with Crippen molar-refractivity contribution in [3.8, 4) is 0 Å². The van der Waals surface area contributed by atoms with Crippen LogP contribution in [0.15, 0.2) is 12.2 Å². The van der Waals surface area contributed by atoms with E-state index in [0.29, 0.717) is 0 Å². The van der Waals surface area contributed by atoms with Gasteiger partial charge in [-0.05, 0) is 25.7 Å². The molecule has 0 amide bonds. The number of aliphatic carboxylic acids is 1. The van der Waals surface area contributed by atoms with E-state index >= 15 is 0 Å². The molecule has 0 heterocycles. The highest BCUT2D eigenvalue weighted by atomic mass is 16.5. The number of carbonyl (C=O) groups excluding carboxylic acids is 1. The molecule has 0 aromatic rings. The van der Waals surface area contributed by atoms with Crippen molar-refractivity contribution in [2.24, 2.45) is 0 Å². The molecule has 4 heteroatoms. The van der Waals surface area contributed by atoms with Crippen molar-refractivity contribution in [2.75, 3.05) is 0 Å². The molecule has 1 N–H and O–H groups in total. The minimum Gasteiger partial charge on any atom is -0.478 e. The fraction of sp³-hybridized carbons (Fsp3) is 0.600. The van der Waals surface area contributed by atoms with E-state index < -0.39 is 11.9 Å². The van der Waals surface area contributed by atoms with Crippen LogP contribution in [0.1, 0.15) is 32.1 Å². The van der Waals surface area contributed by atoms with Crippen LogP contribution >= 0.6 is 0 Å². The van der Waals surface area contributed by atoms with Gasteiger partial charge >= 0.3 is 11.9 Å². The van der Waals surface area contributed by atoms with Crippen LogP contribution in [0.2, 0.25) is 0 Å². The Kier molecular flexibility index (Phi) is 3.68. The van der Waals surface area contributed by atoms with Gasteiger partial charge in [-0.1, -0.05) is 6.58 Å². The van der Waals surface area contributed by atoms with Crippen LogP contribution in [0, 0.1) is 0 Å². The van der Waals surface area contributed by atoms with Gasteiger partial charge in [0, 0.05) is 5.57 Å². The summed E-state index contributed by atoms with van der Waals surface area (Å²) in [5, 5.41) is 8.48. The molecule has 1 saturated carbocycles. The summed E-state index contributed by atoms with van der Waals surface area (Å²) in [5.74, 6) is -1.63. The molecule has 1 rings (SSSR count). The Balaban J connectivity index is 2.28. The average Bonchev–Trinajstić information content (AvgIpc) is 2.56. The molecule has 0 aromatic heterocycles. The zero-order valence-corrected chi connectivity index (χ0v) is 7.99. The Bertz CT molecular complexity index is 251. The summed E-state index contributed by atoms with van der Waals surface area (Å²) in [6, 6.07) is 0. The molecule has 0 bridgehead atoms. The largest absolute Gasteiger partial charge is 0.478 e. The van der Waals surface area contributed by atoms with E-state index in [0.717, 1.165) is 25.7 Å². The lowest BCUT2D eigenvalue weighted by Crippen LogP contribution is -2.16. The lowest BCUT2D eigenvalue weighted by Gasteiger charge is -2.10. The van der Waals surface area contributed by atoms with Crippen molar-refractivity contribution in [1.29, 1.82) is 0 Å². The number of hydrogen-bond donors (Lipinski definition) is 1. The Morgan fingerprint density at radius 3 is 2.43 bits per heavy atom. The Hall–Kier alpha value is -1.32. The summed E-state index contributed by atoms with van der Waals surface area (Å²) in [7, 11) is 0. The summed E-state index contributed by atoms with van der Waals surface area (Å²) in [6.45, 7) is 3.27. The Morgan fingerprint density at radius 2 is 1.93 bits per heavy atom. The van der Waals surface area contributed by atoms with Crippen molar-refractivity contribution in [3.05, 3.63) is 12.2 Å². The van der Waals surface area contributed by atoms with Gasteiger partial charge in [-0.2, -0.15) is 0 Å². The Morgan fingerprint density at radius 1 is 1.36 bits per heavy atom. The molecule has 1 fully saturated rings. The second-order valence-electron chi connectivity index (χ2n) is 3.48. The first-order chi connectivity index (χ1) is 6.59. The molecule has 0 atom stereocenters. The SMILES string of the molecule is C=C(CC(=O)OC1CCCC1)C(=O)O. The van der Waals surface area contributed by atoms with E-state index in [1.54, 1.807) is 0 Å². The summed E-state index contributed by atoms with van der Waals surface area (Å²) in [4.78, 5) is 21.5. The third kappa shape index (κ3) is 3.20. The van der Waals surface area contributed by atoms with Crippen molar-refractivity contribution in [3.63, 3.8) is 0 Å². The van der Waals surface area contributed by atoms with Crippen LogP contribution in [-0.2, 0) is 14.3 Å². The molecular weight excluding hydrogens is 184 g/mol. The van der Waals surface area contributed by atoms with Crippen molar-refractivity contribution >= 4 is 11.9 Å². The zero-order valence-electron chi connectivity index (χ0n) is 7.99. The van der Waals surface area contributed by atoms with Crippen LogP contribution in [0.4, 0.5) is 0 Å². The maximum Gasteiger partial charge on any atom is 0.331 e. The number of carboxylic acids is 1. The second kappa shape index (κ2) is 4.79. The molecular formula is C10H14O4. The number of hydrogen-bond acceptors (Lipinski definition) is 3. The summed E-state index contributed by atoms with van der Waals surface area (Å²) in [5.41, 5.74) is -0.118. The number of rotatable bonds is 4.